The van der Waals surface area contributed by atoms with E-state index in [1.807, 2.05) is 35.2 Å². The Bertz CT molecular complexity index is 1070. The molecule has 4 rings (SSSR count). The van der Waals surface area contributed by atoms with Crippen LogP contribution in [0.4, 0.5) is 0 Å². The van der Waals surface area contributed by atoms with E-state index in [0.29, 0.717) is 29.0 Å². The van der Waals surface area contributed by atoms with Crippen LogP contribution < -0.4 is 10.9 Å². The molecule has 8 heteroatoms. The highest BCUT2D eigenvalue weighted by Crippen LogP contribution is 2.28. The third kappa shape index (κ3) is 3.63. The second kappa shape index (κ2) is 8.08. The highest BCUT2D eigenvalue weighted by atomic mass is 35.5. The number of benzene rings is 2. The van der Waals surface area contributed by atoms with Crippen LogP contribution in [0.25, 0.3) is 10.9 Å². The zero-order valence-corrected chi connectivity index (χ0v) is 16.0. The van der Waals surface area contributed by atoms with E-state index in [0.717, 1.165) is 12.1 Å². The number of carbonyl (C=O) groups excluding carboxylic acids is 1. The number of piperazine rings is 1. The Morgan fingerprint density at radius 1 is 1.18 bits per heavy atom. The van der Waals surface area contributed by atoms with Crippen molar-refractivity contribution in [1.82, 2.24) is 25.2 Å². The number of halogens is 1. The first-order valence-corrected chi connectivity index (χ1v) is 9.60. The Hall–Kier alpha value is -2.77. The molecule has 2 heterocycles. The number of aromatic nitrogens is 3. The lowest BCUT2D eigenvalue weighted by atomic mass is 10.0. The predicted molar refractivity (Wildman–Crippen MR) is 107 cm³/mol. The second-order valence-corrected chi connectivity index (χ2v) is 7.12. The zero-order chi connectivity index (χ0) is 19.5. The van der Waals surface area contributed by atoms with E-state index < -0.39 is 0 Å². The third-order valence-corrected chi connectivity index (χ3v) is 5.34. The summed E-state index contributed by atoms with van der Waals surface area (Å²) in [6, 6.07) is 14.5. The van der Waals surface area contributed by atoms with Crippen LogP contribution in [-0.4, -0.2) is 45.4 Å². The van der Waals surface area contributed by atoms with E-state index in [4.69, 9.17) is 11.6 Å². The quantitative estimate of drug-likeness (QED) is 0.728. The first kappa shape index (κ1) is 18.6. The SMILES string of the molecule is O=C(CCn1nnc2ccccc2c1=O)N1CCNCC1c1ccccc1Cl. The molecule has 0 bridgehead atoms. The molecule has 1 aliphatic rings. The van der Waals surface area contributed by atoms with Gasteiger partial charge in [-0.05, 0) is 23.8 Å². The van der Waals surface area contributed by atoms with Crippen LogP contribution in [0.1, 0.15) is 18.0 Å². The Morgan fingerprint density at radius 3 is 2.82 bits per heavy atom. The highest BCUT2D eigenvalue weighted by Gasteiger charge is 2.29. The topological polar surface area (TPSA) is 80.1 Å². The van der Waals surface area contributed by atoms with E-state index in [1.54, 1.807) is 18.2 Å². The molecule has 2 aromatic carbocycles. The fourth-order valence-electron chi connectivity index (χ4n) is 3.54. The van der Waals surface area contributed by atoms with Gasteiger partial charge >= 0.3 is 0 Å². The fraction of sp³-hybridized carbons (Fsp3) is 0.300. The fourth-order valence-corrected chi connectivity index (χ4v) is 3.80. The van der Waals surface area contributed by atoms with Crippen LogP contribution in [-0.2, 0) is 11.3 Å². The largest absolute Gasteiger partial charge is 0.333 e. The van der Waals surface area contributed by atoms with Crippen molar-refractivity contribution >= 4 is 28.4 Å². The highest BCUT2D eigenvalue weighted by molar-refractivity contribution is 6.31. The standard InChI is InChI=1S/C20H20ClN5O2/c21-16-7-3-1-5-14(16)18-13-22-10-12-25(18)19(27)9-11-26-20(28)15-6-2-4-8-17(15)23-24-26/h1-8,18,22H,9-13H2. The summed E-state index contributed by atoms with van der Waals surface area (Å²) in [5, 5.41) is 12.5. The summed E-state index contributed by atoms with van der Waals surface area (Å²) in [7, 11) is 0. The number of hydrogen-bond donors (Lipinski definition) is 1. The minimum atomic E-state index is -0.235. The normalized spacial score (nSPS) is 17.0. The number of nitrogens with one attached hydrogen (secondary N) is 1. The molecule has 1 atom stereocenters. The van der Waals surface area contributed by atoms with Crippen LogP contribution in [0.5, 0.6) is 0 Å². The van der Waals surface area contributed by atoms with Gasteiger partial charge in [0.2, 0.25) is 5.91 Å². The van der Waals surface area contributed by atoms with Gasteiger partial charge in [-0.25, -0.2) is 4.68 Å². The van der Waals surface area contributed by atoms with Gasteiger partial charge in [0.05, 0.1) is 18.0 Å². The molecule has 1 N–H and O–H groups in total. The van der Waals surface area contributed by atoms with Gasteiger partial charge in [-0.15, -0.1) is 5.10 Å². The van der Waals surface area contributed by atoms with E-state index in [1.165, 1.54) is 4.68 Å². The number of nitrogens with zero attached hydrogens (tertiary/aromatic N) is 4. The van der Waals surface area contributed by atoms with Gasteiger partial charge in [-0.1, -0.05) is 47.1 Å². The Labute approximate surface area is 166 Å². The van der Waals surface area contributed by atoms with Gasteiger partial charge < -0.3 is 10.2 Å². The second-order valence-electron chi connectivity index (χ2n) is 6.71. The zero-order valence-electron chi connectivity index (χ0n) is 15.2. The summed E-state index contributed by atoms with van der Waals surface area (Å²) in [5.74, 6) is -0.0340. The first-order chi connectivity index (χ1) is 13.6. The predicted octanol–water partition coefficient (Wildman–Crippen LogP) is 2.01. The molecule has 0 saturated carbocycles. The number of carbonyl (C=O) groups is 1. The van der Waals surface area contributed by atoms with Crippen molar-refractivity contribution in [2.45, 2.75) is 19.0 Å². The smallest absolute Gasteiger partial charge is 0.277 e. The molecule has 0 aliphatic carbocycles. The van der Waals surface area contributed by atoms with Crippen LogP contribution >= 0.6 is 11.6 Å². The van der Waals surface area contributed by atoms with Gasteiger partial charge in [-0.2, -0.15) is 0 Å². The number of aryl methyl sites for hydroxylation is 1. The average Bonchev–Trinajstić information content (AvgIpc) is 2.74. The summed E-state index contributed by atoms with van der Waals surface area (Å²) in [4.78, 5) is 27.3. The van der Waals surface area contributed by atoms with Crippen molar-refractivity contribution in [3.63, 3.8) is 0 Å². The molecular weight excluding hydrogens is 378 g/mol. The lowest BCUT2D eigenvalue weighted by Crippen LogP contribution is -2.49. The number of hydrogen-bond acceptors (Lipinski definition) is 5. The van der Waals surface area contributed by atoms with E-state index >= 15 is 0 Å². The van der Waals surface area contributed by atoms with Gasteiger partial charge in [0.1, 0.15) is 5.52 Å². The molecule has 1 amide bonds. The Balaban J connectivity index is 1.52. The molecule has 3 aromatic rings. The van der Waals surface area contributed by atoms with Gasteiger partial charge in [0, 0.05) is 31.1 Å². The Kier molecular flexibility index (Phi) is 5.36. The van der Waals surface area contributed by atoms with E-state index in [9.17, 15) is 9.59 Å². The maximum atomic E-state index is 12.9. The molecule has 7 nitrogen and oxygen atoms in total. The molecule has 1 saturated heterocycles. The van der Waals surface area contributed by atoms with Crippen molar-refractivity contribution in [2.75, 3.05) is 19.6 Å². The molecule has 1 aliphatic heterocycles. The lowest BCUT2D eigenvalue weighted by molar-refractivity contribution is -0.134. The van der Waals surface area contributed by atoms with Crippen molar-refractivity contribution in [3.8, 4) is 0 Å². The molecule has 0 spiro atoms. The maximum absolute atomic E-state index is 12.9. The van der Waals surface area contributed by atoms with Crippen molar-refractivity contribution in [1.29, 1.82) is 0 Å². The number of rotatable bonds is 4. The summed E-state index contributed by atoms with van der Waals surface area (Å²) in [6.45, 7) is 2.15. The van der Waals surface area contributed by atoms with Crippen LogP contribution in [0.2, 0.25) is 5.02 Å². The molecule has 144 valence electrons. The van der Waals surface area contributed by atoms with Crippen LogP contribution in [0, 0.1) is 0 Å². The van der Waals surface area contributed by atoms with Crippen molar-refractivity contribution in [3.05, 3.63) is 69.5 Å². The lowest BCUT2D eigenvalue weighted by Gasteiger charge is -2.37. The van der Waals surface area contributed by atoms with E-state index in [2.05, 4.69) is 15.6 Å². The van der Waals surface area contributed by atoms with Crippen LogP contribution in [0.3, 0.4) is 0 Å². The van der Waals surface area contributed by atoms with Gasteiger partial charge in [0.15, 0.2) is 0 Å². The van der Waals surface area contributed by atoms with Gasteiger partial charge in [0.25, 0.3) is 5.56 Å². The van der Waals surface area contributed by atoms with Gasteiger partial charge in [-0.3, -0.25) is 9.59 Å². The summed E-state index contributed by atoms with van der Waals surface area (Å²) in [6.07, 6.45) is 0.174. The Morgan fingerprint density at radius 2 is 1.96 bits per heavy atom. The maximum Gasteiger partial charge on any atom is 0.277 e. The molecule has 28 heavy (non-hydrogen) atoms. The number of amides is 1. The monoisotopic (exact) mass is 397 g/mol. The van der Waals surface area contributed by atoms with Crippen LogP contribution in [0.15, 0.2) is 53.3 Å². The van der Waals surface area contributed by atoms with Crippen molar-refractivity contribution in [2.24, 2.45) is 0 Å². The van der Waals surface area contributed by atoms with Crippen molar-refractivity contribution < 1.29 is 4.79 Å². The number of fused-ring (bicyclic) bond motifs is 1. The summed E-state index contributed by atoms with van der Waals surface area (Å²) in [5.41, 5.74) is 1.24. The molecule has 1 aromatic heterocycles. The molecular formula is C20H20ClN5O2. The summed E-state index contributed by atoms with van der Waals surface area (Å²) >= 11 is 6.35. The molecule has 0 radical (unpaired) electrons. The minimum Gasteiger partial charge on any atom is -0.333 e. The van der Waals surface area contributed by atoms with E-state index in [-0.39, 0.29) is 30.5 Å². The average molecular weight is 398 g/mol. The third-order valence-electron chi connectivity index (χ3n) is 4.99. The molecule has 1 unspecified atom stereocenters. The molecule has 1 fully saturated rings. The summed E-state index contributed by atoms with van der Waals surface area (Å²) < 4.78 is 1.26. The first-order valence-electron chi connectivity index (χ1n) is 9.22. The minimum absolute atomic E-state index is 0.0340.